The van der Waals surface area contributed by atoms with Gasteiger partial charge in [-0.05, 0) is 45.3 Å². The molecule has 0 bridgehead atoms. The molecule has 0 aliphatic heterocycles. The topological polar surface area (TPSA) is 53.0 Å². The molecule has 1 atom stereocenters. The lowest BCUT2D eigenvalue weighted by molar-refractivity contribution is 0.319. The van der Waals surface area contributed by atoms with Gasteiger partial charge in [-0.25, -0.2) is 0 Å². The van der Waals surface area contributed by atoms with Crippen molar-refractivity contribution in [3.63, 3.8) is 0 Å². The normalized spacial score (nSPS) is 14.2. The van der Waals surface area contributed by atoms with E-state index in [1.807, 2.05) is 6.07 Å². The van der Waals surface area contributed by atoms with Crippen LogP contribution in [0.5, 0.6) is 0 Å². The summed E-state index contributed by atoms with van der Waals surface area (Å²) in [6, 6.07) is 12.6. The van der Waals surface area contributed by atoms with Gasteiger partial charge in [-0.2, -0.15) is 5.26 Å². The van der Waals surface area contributed by atoms with E-state index in [0.29, 0.717) is 0 Å². The minimum absolute atomic E-state index is 0.680. The lowest BCUT2D eigenvalue weighted by Crippen LogP contribution is -2.35. The van der Waals surface area contributed by atoms with Crippen LogP contribution in [0.4, 0.5) is 0 Å². The van der Waals surface area contributed by atoms with Crippen molar-refractivity contribution in [1.29, 1.82) is 5.26 Å². The van der Waals surface area contributed by atoms with Crippen molar-refractivity contribution in [3.8, 4) is 6.07 Å². The summed E-state index contributed by atoms with van der Waals surface area (Å²) in [5.41, 5.74) is 6.47. The molecule has 0 spiro atoms. The van der Waals surface area contributed by atoms with Crippen LogP contribution in [0.3, 0.4) is 0 Å². The first kappa shape index (κ1) is 14.7. The number of nitrogens with zero attached hydrogens (tertiary/aromatic N) is 2. The third kappa shape index (κ3) is 5.81. The number of nitriles is 1. The molecule has 0 saturated heterocycles. The average Bonchev–Trinajstić information content (AvgIpc) is 2.37. The molecule has 0 amide bonds. The number of nitrogens with two attached hydrogens (primary N) is 1. The molecule has 1 unspecified atom stereocenters. The Morgan fingerprint density at radius 1 is 1.28 bits per heavy atom. The van der Waals surface area contributed by atoms with E-state index >= 15 is 0 Å². The summed E-state index contributed by atoms with van der Waals surface area (Å²) in [7, 11) is 2.11. The Kier molecular flexibility index (Phi) is 5.84. The molecule has 0 radical (unpaired) electrons. The first-order valence-corrected chi connectivity index (χ1v) is 6.46. The fourth-order valence-electron chi connectivity index (χ4n) is 1.85. The van der Waals surface area contributed by atoms with E-state index in [0.717, 1.165) is 32.4 Å². The third-order valence-electron chi connectivity index (χ3n) is 3.12. The van der Waals surface area contributed by atoms with E-state index in [4.69, 9.17) is 11.0 Å². The summed E-state index contributed by atoms with van der Waals surface area (Å²) in [5.74, 6) is 0. The lowest BCUT2D eigenvalue weighted by Gasteiger charge is -2.19. The quantitative estimate of drug-likeness (QED) is 0.801. The predicted molar refractivity (Wildman–Crippen MR) is 75.1 cm³/mol. The highest BCUT2D eigenvalue weighted by molar-refractivity contribution is 5.14. The van der Waals surface area contributed by atoms with Gasteiger partial charge in [0.2, 0.25) is 0 Å². The van der Waals surface area contributed by atoms with Crippen LogP contribution in [-0.4, -0.2) is 30.6 Å². The lowest BCUT2D eigenvalue weighted by atomic mass is 9.99. The Hall–Kier alpha value is -1.37. The molecule has 0 heterocycles. The van der Waals surface area contributed by atoms with Crippen LogP contribution >= 0.6 is 0 Å². The fraction of sp³-hybridized carbons (Fsp3) is 0.533. The highest BCUT2D eigenvalue weighted by atomic mass is 15.1. The zero-order valence-electron chi connectivity index (χ0n) is 11.4. The highest BCUT2D eigenvalue weighted by Gasteiger charge is 2.16. The van der Waals surface area contributed by atoms with Crippen molar-refractivity contribution >= 4 is 0 Å². The second-order valence-corrected chi connectivity index (χ2v) is 5.17. The molecular weight excluding hydrogens is 222 g/mol. The van der Waals surface area contributed by atoms with Crippen LogP contribution in [0.15, 0.2) is 30.3 Å². The fourth-order valence-corrected chi connectivity index (χ4v) is 1.85. The summed E-state index contributed by atoms with van der Waals surface area (Å²) in [6.07, 6.45) is 2.78. The van der Waals surface area contributed by atoms with E-state index in [1.165, 1.54) is 5.56 Å². The van der Waals surface area contributed by atoms with Crippen molar-refractivity contribution in [2.75, 3.05) is 20.1 Å². The summed E-state index contributed by atoms with van der Waals surface area (Å²) >= 11 is 0. The molecule has 0 aliphatic carbocycles. The maximum atomic E-state index is 8.82. The van der Waals surface area contributed by atoms with Gasteiger partial charge in [0, 0.05) is 6.54 Å². The van der Waals surface area contributed by atoms with Gasteiger partial charge < -0.3 is 10.6 Å². The molecule has 1 aromatic rings. The molecule has 0 saturated carbocycles. The van der Waals surface area contributed by atoms with Gasteiger partial charge in [0.15, 0.2) is 0 Å². The van der Waals surface area contributed by atoms with Gasteiger partial charge in [-0.15, -0.1) is 0 Å². The Morgan fingerprint density at radius 2 is 1.94 bits per heavy atom. The van der Waals surface area contributed by atoms with Crippen molar-refractivity contribution in [2.45, 2.75) is 31.7 Å². The van der Waals surface area contributed by atoms with E-state index < -0.39 is 5.54 Å². The molecular formula is C15H23N3. The third-order valence-corrected chi connectivity index (χ3v) is 3.12. The van der Waals surface area contributed by atoms with Gasteiger partial charge >= 0.3 is 0 Å². The standard InChI is InChI=1S/C15H23N3/c1-15(17,13-16)10-6-11-18(2)12-9-14-7-4-3-5-8-14/h3-5,7-8H,6,9-12,17H2,1-2H3. The molecule has 2 N–H and O–H groups in total. The van der Waals surface area contributed by atoms with Crippen molar-refractivity contribution in [2.24, 2.45) is 5.73 Å². The monoisotopic (exact) mass is 245 g/mol. The summed E-state index contributed by atoms with van der Waals surface area (Å²) in [6.45, 7) is 3.82. The molecule has 1 rings (SSSR count). The van der Waals surface area contributed by atoms with Crippen LogP contribution in [0.2, 0.25) is 0 Å². The van der Waals surface area contributed by atoms with Crippen LogP contribution < -0.4 is 5.73 Å². The number of likely N-dealkylation sites (N-methyl/N-ethyl adjacent to an activating group) is 1. The Bertz CT molecular complexity index is 378. The van der Waals surface area contributed by atoms with Crippen molar-refractivity contribution < 1.29 is 0 Å². The Balaban J connectivity index is 2.19. The van der Waals surface area contributed by atoms with Crippen LogP contribution in [-0.2, 0) is 6.42 Å². The summed E-state index contributed by atoms with van der Waals surface area (Å²) in [5, 5.41) is 8.82. The van der Waals surface area contributed by atoms with E-state index in [1.54, 1.807) is 6.92 Å². The molecule has 0 aliphatic rings. The summed E-state index contributed by atoms with van der Waals surface area (Å²) < 4.78 is 0. The Morgan fingerprint density at radius 3 is 2.56 bits per heavy atom. The second kappa shape index (κ2) is 7.15. The first-order chi connectivity index (χ1) is 8.53. The van der Waals surface area contributed by atoms with E-state index in [9.17, 15) is 0 Å². The first-order valence-electron chi connectivity index (χ1n) is 6.46. The van der Waals surface area contributed by atoms with Crippen LogP contribution in [0, 0.1) is 11.3 Å². The minimum Gasteiger partial charge on any atom is -0.314 e. The van der Waals surface area contributed by atoms with E-state index in [-0.39, 0.29) is 0 Å². The predicted octanol–water partition coefficient (Wildman–Crippen LogP) is 2.18. The van der Waals surface area contributed by atoms with Gasteiger partial charge in [0.25, 0.3) is 0 Å². The zero-order chi connectivity index (χ0) is 13.4. The molecule has 18 heavy (non-hydrogen) atoms. The largest absolute Gasteiger partial charge is 0.314 e. The average molecular weight is 245 g/mol. The zero-order valence-corrected chi connectivity index (χ0v) is 11.4. The smallest absolute Gasteiger partial charge is 0.101 e. The molecule has 3 heteroatoms. The molecule has 98 valence electrons. The van der Waals surface area contributed by atoms with Crippen molar-refractivity contribution in [1.82, 2.24) is 4.90 Å². The molecule has 1 aromatic carbocycles. The number of hydrogen-bond acceptors (Lipinski definition) is 3. The van der Waals surface area contributed by atoms with Crippen molar-refractivity contribution in [3.05, 3.63) is 35.9 Å². The number of hydrogen-bond donors (Lipinski definition) is 1. The van der Waals surface area contributed by atoms with E-state index in [2.05, 4.69) is 42.3 Å². The highest BCUT2D eigenvalue weighted by Crippen LogP contribution is 2.08. The maximum Gasteiger partial charge on any atom is 0.101 e. The molecule has 3 nitrogen and oxygen atoms in total. The van der Waals surface area contributed by atoms with Gasteiger partial charge in [0.1, 0.15) is 5.54 Å². The Labute approximate surface area is 110 Å². The van der Waals surface area contributed by atoms with Crippen LogP contribution in [0.1, 0.15) is 25.3 Å². The van der Waals surface area contributed by atoms with Gasteiger partial charge in [0.05, 0.1) is 6.07 Å². The second-order valence-electron chi connectivity index (χ2n) is 5.17. The molecule has 0 aromatic heterocycles. The van der Waals surface area contributed by atoms with Gasteiger partial charge in [-0.3, -0.25) is 0 Å². The minimum atomic E-state index is -0.680. The van der Waals surface area contributed by atoms with Gasteiger partial charge in [-0.1, -0.05) is 30.3 Å². The van der Waals surface area contributed by atoms with Crippen LogP contribution in [0.25, 0.3) is 0 Å². The number of rotatable bonds is 7. The number of benzene rings is 1. The maximum absolute atomic E-state index is 8.82. The molecule has 0 fully saturated rings. The summed E-state index contributed by atoms with van der Waals surface area (Å²) in [4.78, 5) is 2.29. The SMILES string of the molecule is CN(CCCC(C)(N)C#N)CCc1ccccc1.